The third-order valence-corrected chi connectivity index (χ3v) is 3.46. The van der Waals surface area contributed by atoms with Crippen molar-refractivity contribution >= 4 is 27.1 Å². The summed E-state index contributed by atoms with van der Waals surface area (Å²) in [5.74, 6) is 0. The molecule has 14 heavy (non-hydrogen) atoms. The summed E-state index contributed by atoms with van der Waals surface area (Å²) in [4.78, 5) is 0. The predicted molar refractivity (Wildman–Crippen MR) is 65.2 cm³/mol. The van der Waals surface area contributed by atoms with Crippen molar-refractivity contribution in [2.24, 2.45) is 0 Å². The van der Waals surface area contributed by atoms with Crippen LogP contribution in [0.1, 0.15) is 20.3 Å². The van der Waals surface area contributed by atoms with Crippen LogP contribution in [0.25, 0.3) is 10.1 Å². The van der Waals surface area contributed by atoms with E-state index in [1.54, 1.807) is 11.3 Å². The molecule has 0 spiro atoms. The second kappa shape index (κ2) is 4.01. The molecule has 0 aliphatic rings. The van der Waals surface area contributed by atoms with E-state index in [2.05, 4.69) is 48.8 Å². The van der Waals surface area contributed by atoms with Gasteiger partial charge in [0.1, 0.15) is 0 Å². The van der Waals surface area contributed by atoms with Gasteiger partial charge in [0.15, 0.2) is 0 Å². The second-order valence-corrected chi connectivity index (χ2v) is 4.51. The van der Waals surface area contributed by atoms with Gasteiger partial charge in [0, 0.05) is 21.5 Å². The lowest BCUT2D eigenvalue weighted by Gasteiger charge is -2.11. The zero-order valence-corrected chi connectivity index (χ0v) is 9.40. The Morgan fingerprint density at radius 1 is 1.36 bits per heavy atom. The summed E-state index contributed by atoms with van der Waals surface area (Å²) >= 11 is 1.80. The van der Waals surface area contributed by atoms with Crippen LogP contribution in [0, 0.1) is 0 Å². The van der Waals surface area contributed by atoms with Crippen molar-refractivity contribution in [1.82, 2.24) is 0 Å². The van der Waals surface area contributed by atoms with Crippen LogP contribution in [0.5, 0.6) is 0 Å². The van der Waals surface area contributed by atoms with E-state index in [0.717, 1.165) is 6.42 Å². The zero-order chi connectivity index (χ0) is 9.97. The Morgan fingerprint density at radius 3 is 2.93 bits per heavy atom. The fraction of sp³-hybridized carbons (Fsp3) is 0.333. The van der Waals surface area contributed by atoms with Gasteiger partial charge in [-0.05, 0) is 19.4 Å². The maximum atomic E-state index is 3.52. The van der Waals surface area contributed by atoms with Crippen molar-refractivity contribution in [3.8, 4) is 0 Å². The first-order valence-corrected chi connectivity index (χ1v) is 5.92. The number of benzene rings is 1. The third-order valence-electron chi connectivity index (χ3n) is 2.50. The summed E-state index contributed by atoms with van der Waals surface area (Å²) in [7, 11) is 0. The van der Waals surface area contributed by atoms with Crippen LogP contribution in [0.2, 0.25) is 0 Å². The van der Waals surface area contributed by atoms with Crippen molar-refractivity contribution in [1.29, 1.82) is 0 Å². The minimum atomic E-state index is 0.549. The minimum absolute atomic E-state index is 0.549. The summed E-state index contributed by atoms with van der Waals surface area (Å²) in [6.07, 6.45) is 1.16. The van der Waals surface area contributed by atoms with Gasteiger partial charge in [0.25, 0.3) is 0 Å². The molecule has 0 radical (unpaired) electrons. The number of fused-ring (bicyclic) bond motifs is 1. The van der Waals surface area contributed by atoms with E-state index in [1.165, 1.54) is 15.8 Å². The van der Waals surface area contributed by atoms with Gasteiger partial charge in [-0.1, -0.05) is 25.1 Å². The van der Waals surface area contributed by atoms with Gasteiger partial charge in [-0.15, -0.1) is 11.3 Å². The predicted octanol–water partition coefficient (Wildman–Crippen LogP) is 4.11. The molecule has 0 aliphatic heterocycles. The maximum Gasteiger partial charge on any atom is 0.0530 e. The SMILES string of the molecule is CCC(C)Nc1csc2ccccc12. The quantitative estimate of drug-likeness (QED) is 0.795. The average Bonchev–Trinajstić information content (AvgIpc) is 2.62. The van der Waals surface area contributed by atoms with Crippen molar-refractivity contribution < 1.29 is 0 Å². The van der Waals surface area contributed by atoms with Gasteiger partial charge in [-0.25, -0.2) is 0 Å². The molecular weight excluding hydrogens is 190 g/mol. The average molecular weight is 205 g/mol. The Bertz CT molecular complexity index is 419. The second-order valence-electron chi connectivity index (χ2n) is 3.60. The molecule has 1 unspecified atom stereocenters. The highest BCUT2D eigenvalue weighted by molar-refractivity contribution is 7.17. The largest absolute Gasteiger partial charge is 0.381 e. The standard InChI is InChI=1S/C12H15NS/c1-3-9(2)13-11-8-14-12-7-5-4-6-10(11)12/h4-9,13H,3H2,1-2H3. The van der Waals surface area contributed by atoms with Crippen LogP contribution in [0.3, 0.4) is 0 Å². The summed E-state index contributed by atoms with van der Waals surface area (Å²) in [5, 5.41) is 7.08. The van der Waals surface area contributed by atoms with E-state index >= 15 is 0 Å². The van der Waals surface area contributed by atoms with Gasteiger partial charge in [-0.2, -0.15) is 0 Å². The maximum absolute atomic E-state index is 3.52. The highest BCUT2D eigenvalue weighted by Gasteiger charge is 2.04. The highest BCUT2D eigenvalue weighted by atomic mass is 32.1. The lowest BCUT2D eigenvalue weighted by molar-refractivity contribution is 0.765. The Hall–Kier alpha value is -1.02. The molecule has 2 aromatic rings. The van der Waals surface area contributed by atoms with E-state index in [1.807, 2.05) is 0 Å². The number of anilines is 1. The van der Waals surface area contributed by atoms with Gasteiger partial charge >= 0.3 is 0 Å². The molecule has 0 amide bonds. The fourth-order valence-electron chi connectivity index (χ4n) is 1.46. The summed E-state index contributed by atoms with van der Waals surface area (Å²) in [6.45, 7) is 4.42. The summed E-state index contributed by atoms with van der Waals surface area (Å²) in [5.41, 5.74) is 1.28. The highest BCUT2D eigenvalue weighted by Crippen LogP contribution is 2.30. The van der Waals surface area contributed by atoms with Crippen molar-refractivity contribution in [3.63, 3.8) is 0 Å². The third kappa shape index (κ3) is 1.75. The van der Waals surface area contributed by atoms with E-state index < -0.39 is 0 Å². The molecule has 0 fully saturated rings. The number of hydrogen-bond acceptors (Lipinski definition) is 2. The molecule has 1 heterocycles. The van der Waals surface area contributed by atoms with E-state index in [9.17, 15) is 0 Å². The zero-order valence-electron chi connectivity index (χ0n) is 8.58. The van der Waals surface area contributed by atoms with Crippen LogP contribution in [-0.2, 0) is 0 Å². The van der Waals surface area contributed by atoms with E-state index in [4.69, 9.17) is 0 Å². The van der Waals surface area contributed by atoms with Crippen LogP contribution in [0.4, 0.5) is 5.69 Å². The Labute approximate surface area is 88.8 Å². The molecule has 1 aromatic heterocycles. The van der Waals surface area contributed by atoms with Crippen LogP contribution < -0.4 is 5.32 Å². The number of nitrogens with one attached hydrogen (secondary N) is 1. The first-order valence-electron chi connectivity index (χ1n) is 5.04. The lowest BCUT2D eigenvalue weighted by Crippen LogP contribution is -2.12. The molecule has 1 nitrogen and oxygen atoms in total. The summed E-state index contributed by atoms with van der Waals surface area (Å²) in [6, 6.07) is 9.08. The van der Waals surface area contributed by atoms with Crippen LogP contribution >= 0.6 is 11.3 Å². The molecule has 2 heteroatoms. The van der Waals surface area contributed by atoms with Crippen LogP contribution in [0.15, 0.2) is 29.6 Å². The molecule has 1 atom stereocenters. The molecule has 0 bridgehead atoms. The number of hydrogen-bond donors (Lipinski definition) is 1. The van der Waals surface area contributed by atoms with Gasteiger partial charge in [0.2, 0.25) is 0 Å². The lowest BCUT2D eigenvalue weighted by atomic mass is 10.2. The van der Waals surface area contributed by atoms with Gasteiger partial charge in [-0.3, -0.25) is 0 Å². The molecular formula is C12H15NS. The molecule has 1 aromatic carbocycles. The normalized spacial score (nSPS) is 13.0. The first kappa shape index (κ1) is 9.53. The first-order chi connectivity index (χ1) is 6.81. The fourth-order valence-corrected chi connectivity index (χ4v) is 2.36. The van der Waals surface area contributed by atoms with Crippen molar-refractivity contribution in [2.45, 2.75) is 26.3 Å². The van der Waals surface area contributed by atoms with Crippen molar-refractivity contribution in [3.05, 3.63) is 29.6 Å². The molecule has 0 saturated carbocycles. The molecule has 2 rings (SSSR count). The van der Waals surface area contributed by atoms with E-state index in [-0.39, 0.29) is 0 Å². The Kier molecular flexibility index (Phi) is 2.73. The van der Waals surface area contributed by atoms with Crippen molar-refractivity contribution in [2.75, 3.05) is 5.32 Å². The Balaban J connectivity index is 2.33. The molecule has 0 saturated heterocycles. The molecule has 0 aliphatic carbocycles. The van der Waals surface area contributed by atoms with Crippen LogP contribution in [-0.4, -0.2) is 6.04 Å². The topological polar surface area (TPSA) is 12.0 Å². The smallest absolute Gasteiger partial charge is 0.0530 e. The summed E-state index contributed by atoms with van der Waals surface area (Å²) < 4.78 is 1.36. The number of thiophene rings is 1. The van der Waals surface area contributed by atoms with E-state index in [0.29, 0.717) is 6.04 Å². The van der Waals surface area contributed by atoms with Gasteiger partial charge < -0.3 is 5.32 Å². The monoisotopic (exact) mass is 205 g/mol. The molecule has 74 valence electrons. The Morgan fingerprint density at radius 2 is 2.14 bits per heavy atom. The minimum Gasteiger partial charge on any atom is -0.381 e. The molecule has 1 N–H and O–H groups in total. The van der Waals surface area contributed by atoms with Gasteiger partial charge in [0.05, 0.1) is 5.69 Å². The number of rotatable bonds is 3.